The van der Waals surface area contributed by atoms with Crippen molar-refractivity contribution in [3.05, 3.63) is 47.6 Å². The predicted octanol–water partition coefficient (Wildman–Crippen LogP) is 1.61. The number of hydrogen-bond donors (Lipinski definition) is 0. The summed E-state index contributed by atoms with van der Waals surface area (Å²) in [5.41, 5.74) is 1.46. The fourth-order valence-electron chi connectivity index (χ4n) is 2.82. The molecule has 8 heteroatoms. The molecule has 8 nitrogen and oxygen atoms in total. The van der Waals surface area contributed by atoms with Gasteiger partial charge in [0.05, 0.1) is 6.54 Å². The molecule has 2 aromatic rings. The molecule has 1 atom stereocenters. The number of carbonyl (C=O) groups excluding carboxylic acids is 1. The van der Waals surface area contributed by atoms with Gasteiger partial charge in [-0.25, -0.2) is 11.4 Å². The van der Waals surface area contributed by atoms with Crippen LogP contribution in [0.4, 0.5) is 10.5 Å². The lowest BCUT2D eigenvalue weighted by molar-refractivity contribution is 0.126. The molecular weight excluding hydrogens is 296 g/mol. The maximum absolute atomic E-state index is 12.1. The zero-order valence-corrected chi connectivity index (χ0v) is 12.3. The lowest BCUT2D eigenvalue weighted by Crippen LogP contribution is -2.26. The van der Waals surface area contributed by atoms with E-state index in [-0.39, 0.29) is 17.7 Å². The van der Waals surface area contributed by atoms with Crippen LogP contribution in [0, 0.1) is 6.57 Å². The number of ether oxygens (including phenoxy) is 1. The number of nitrogens with zero attached hydrogens (tertiary/aromatic N) is 6. The van der Waals surface area contributed by atoms with Gasteiger partial charge in [0.2, 0.25) is 0 Å². The fraction of sp³-hybridized carbons (Fsp3) is 0.400. The van der Waals surface area contributed by atoms with E-state index in [2.05, 4.69) is 20.3 Å². The number of rotatable bonds is 4. The summed E-state index contributed by atoms with van der Waals surface area (Å²) in [6, 6.07) is 7.61. The molecule has 1 amide bonds. The Hall–Kier alpha value is -2.95. The highest BCUT2D eigenvalue weighted by Gasteiger charge is 2.52. The van der Waals surface area contributed by atoms with Crippen molar-refractivity contribution in [1.82, 2.24) is 20.2 Å². The Kier molecular flexibility index (Phi) is 3.01. The summed E-state index contributed by atoms with van der Waals surface area (Å²) in [5.74, 6) is 0. The molecule has 1 unspecified atom stereocenters. The second-order valence-electron chi connectivity index (χ2n) is 5.80. The third-order valence-electron chi connectivity index (χ3n) is 4.29. The summed E-state index contributed by atoms with van der Waals surface area (Å²) < 4.78 is 5.34. The van der Waals surface area contributed by atoms with E-state index in [1.165, 1.54) is 11.1 Å². The number of benzene rings is 1. The van der Waals surface area contributed by atoms with Crippen molar-refractivity contribution < 1.29 is 9.53 Å². The summed E-state index contributed by atoms with van der Waals surface area (Å²) in [4.78, 5) is 18.8. The second-order valence-corrected chi connectivity index (χ2v) is 5.80. The van der Waals surface area contributed by atoms with Crippen LogP contribution in [0.15, 0.2) is 30.6 Å². The standard InChI is InChI=1S/C15H14N6O2/c1-16-15(6-7-15)11-2-4-12(5-3-11)20-8-13(23-14(20)22)9-21-18-10-17-19-21/h2-5,10,13H,6-9H2. The number of aromatic nitrogens is 4. The lowest BCUT2D eigenvalue weighted by atomic mass is 10.1. The van der Waals surface area contributed by atoms with Crippen molar-refractivity contribution >= 4 is 11.8 Å². The van der Waals surface area contributed by atoms with Crippen molar-refractivity contribution in [3.63, 3.8) is 0 Å². The molecule has 2 fully saturated rings. The molecule has 1 saturated carbocycles. The fourth-order valence-corrected chi connectivity index (χ4v) is 2.82. The summed E-state index contributed by atoms with van der Waals surface area (Å²) in [5, 5.41) is 11.3. The molecule has 1 aromatic heterocycles. The molecule has 1 aromatic carbocycles. The largest absolute Gasteiger partial charge is 0.442 e. The predicted molar refractivity (Wildman–Crippen MR) is 79.4 cm³/mol. The number of amides is 1. The monoisotopic (exact) mass is 310 g/mol. The van der Waals surface area contributed by atoms with Crippen molar-refractivity contribution in [1.29, 1.82) is 0 Å². The highest BCUT2D eigenvalue weighted by molar-refractivity contribution is 5.89. The quantitative estimate of drug-likeness (QED) is 0.802. The first-order valence-corrected chi connectivity index (χ1v) is 7.38. The lowest BCUT2D eigenvalue weighted by Gasteiger charge is -2.13. The van der Waals surface area contributed by atoms with Crippen LogP contribution in [0.5, 0.6) is 0 Å². The van der Waals surface area contributed by atoms with Gasteiger partial charge in [0.1, 0.15) is 12.6 Å². The molecule has 1 saturated heterocycles. The molecule has 2 heterocycles. The van der Waals surface area contributed by atoms with Crippen LogP contribution in [-0.2, 0) is 16.8 Å². The van der Waals surface area contributed by atoms with Gasteiger partial charge in [-0.2, -0.15) is 4.80 Å². The normalized spacial score (nSPS) is 21.8. The van der Waals surface area contributed by atoms with Gasteiger partial charge >= 0.3 is 6.09 Å². The first kappa shape index (κ1) is 13.7. The Morgan fingerprint density at radius 2 is 2.13 bits per heavy atom. The second kappa shape index (κ2) is 5.05. The minimum absolute atomic E-state index is 0.311. The maximum Gasteiger partial charge on any atom is 0.414 e. The summed E-state index contributed by atoms with van der Waals surface area (Å²) in [6.07, 6.45) is 2.48. The summed E-state index contributed by atoms with van der Waals surface area (Å²) in [7, 11) is 0. The van der Waals surface area contributed by atoms with Crippen LogP contribution < -0.4 is 4.90 Å². The molecule has 1 aliphatic carbocycles. The van der Waals surface area contributed by atoms with Crippen molar-refractivity contribution in [2.45, 2.75) is 31.0 Å². The van der Waals surface area contributed by atoms with E-state index >= 15 is 0 Å². The van der Waals surface area contributed by atoms with E-state index in [0.29, 0.717) is 13.1 Å². The van der Waals surface area contributed by atoms with Gasteiger partial charge < -0.3 is 9.58 Å². The first-order valence-electron chi connectivity index (χ1n) is 7.38. The highest BCUT2D eigenvalue weighted by Crippen LogP contribution is 2.49. The smallest absolute Gasteiger partial charge is 0.414 e. The SMILES string of the molecule is [C-]#[N+]C1(c2ccc(N3CC(Cn4ncnn4)OC3=O)cc2)CC1. The molecular formula is C15H14N6O2. The summed E-state index contributed by atoms with van der Waals surface area (Å²) >= 11 is 0. The number of carbonyl (C=O) groups is 1. The van der Waals surface area contributed by atoms with Crippen LogP contribution in [0.3, 0.4) is 0 Å². The van der Waals surface area contributed by atoms with Crippen LogP contribution in [0.25, 0.3) is 4.85 Å². The zero-order chi connectivity index (χ0) is 15.9. The maximum atomic E-state index is 12.1. The number of anilines is 1. The molecule has 0 spiro atoms. The van der Waals surface area contributed by atoms with E-state index in [1.807, 2.05) is 24.3 Å². The molecule has 1 aliphatic heterocycles. The first-order chi connectivity index (χ1) is 11.2. The molecule has 23 heavy (non-hydrogen) atoms. The van der Waals surface area contributed by atoms with E-state index in [4.69, 9.17) is 11.3 Å². The minimum Gasteiger partial charge on any atom is -0.442 e. The number of tetrazole rings is 1. The average Bonchev–Trinajstić information content (AvgIpc) is 3.05. The third-order valence-corrected chi connectivity index (χ3v) is 4.29. The van der Waals surface area contributed by atoms with Gasteiger partial charge in [0.25, 0.3) is 5.54 Å². The van der Waals surface area contributed by atoms with Crippen LogP contribution in [0.2, 0.25) is 0 Å². The Morgan fingerprint density at radius 1 is 1.35 bits per heavy atom. The van der Waals surface area contributed by atoms with Gasteiger partial charge in [-0.3, -0.25) is 4.90 Å². The van der Waals surface area contributed by atoms with Gasteiger partial charge in [-0.05, 0) is 29.5 Å². The number of hydrogen-bond acceptors (Lipinski definition) is 5. The van der Waals surface area contributed by atoms with E-state index in [1.54, 1.807) is 4.90 Å². The van der Waals surface area contributed by atoms with Gasteiger partial charge in [0.15, 0.2) is 6.33 Å². The van der Waals surface area contributed by atoms with Crippen LogP contribution in [-0.4, -0.2) is 38.9 Å². The molecule has 0 bridgehead atoms. The van der Waals surface area contributed by atoms with Crippen LogP contribution in [0.1, 0.15) is 18.4 Å². The number of cyclic esters (lactones) is 1. The van der Waals surface area contributed by atoms with E-state index in [0.717, 1.165) is 24.1 Å². The molecule has 0 radical (unpaired) electrons. The van der Waals surface area contributed by atoms with Crippen molar-refractivity contribution in [2.24, 2.45) is 0 Å². The van der Waals surface area contributed by atoms with Gasteiger partial charge in [-0.1, -0.05) is 0 Å². The van der Waals surface area contributed by atoms with Gasteiger partial charge in [-0.15, -0.1) is 10.2 Å². The Morgan fingerprint density at radius 3 is 2.74 bits per heavy atom. The summed E-state index contributed by atoms with van der Waals surface area (Å²) in [6.45, 7) is 8.11. The minimum atomic E-state index is -0.380. The van der Waals surface area contributed by atoms with Crippen molar-refractivity contribution in [3.8, 4) is 0 Å². The average molecular weight is 310 g/mol. The zero-order valence-electron chi connectivity index (χ0n) is 12.3. The Balaban J connectivity index is 1.48. The Labute approximate surface area is 132 Å². The van der Waals surface area contributed by atoms with Crippen molar-refractivity contribution in [2.75, 3.05) is 11.4 Å². The third kappa shape index (κ3) is 2.40. The van der Waals surface area contributed by atoms with E-state index < -0.39 is 0 Å². The molecule has 0 N–H and O–H groups in total. The molecule has 116 valence electrons. The topological polar surface area (TPSA) is 77.5 Å². The molecule has 2 aliphatic rings. The van der Waals surface area contributed by atoms with Gasteiger partial charge in [0, 0.05) is 24.1 Å². The highest BCUT2D eigenvalue weighted by atomic mass is 16.6. The Bertz CT molecular complexity index is 760. The van der Waals surface area contributed by atoms with E-state index in [9.17, 15) is 4.79 Å². The molecule has 4 rings (SSSR count). The van der Waals surface area contributed by atoms with Crippen LogP contribution >= 0.6 is 0 Å².